The summed E-state index contributed by atoms with van der Waals surface area (Å²) in [5.41, 5.74) is 1.61. The molecular formula is C25H29BrCl2N2O3. The molecule has 0 spiro atoms. The minimum atomic E-state index is -0.652. The van der Waals surface area contributed by atoms with Crippen LogP contribution in [-0.4, -0.2) is 35.4 Å². The van der Waals surface area contributed by atoms with Crippen LogP contribution in [0.25, 0.3) is 0 Å². The summed E-state index contributed by atoms with van der Waals surface area (Å²) in [4.78, 5) is 28.1. The monoisotopic (exact) mass is 554 g/mol. The second-order valence-electron chi connectivity index (χ2n) is 8.34. The lowest BCUT2D eigenvalue weighted by atomic mass is 10.1. The van der Waals surface area contributed by atoms with Crippen molar-refractivity contribution in [3.05, 3.63) is 62.0 Å². The fourth-order valence-electron chi connectivity index (χ4n) is 4.08. The number of carbonyl (C=O) groups excluding carboxylic acids is 2. The van der Waals surface area contributed by atoms with E-state index in [1.165, 1.54) is 4.90 Å². The lowest BCUT2D eigenvalue weighted by molar-refractivity contribution is -0.143. The van der Waals surface area contributed by atoms with E-state index in [0.29, 0.717) is 27.8 Å². The summed E-state index contributed by atoms with van der Waals surface area (Å²) < 4.78 is 6.74. The average Bonchev–Trinajstić information content (AvgIpc) is 3.29. The number of aryl methyl sites for hydroxylation is 1. The van der Waals surface area contributed by atoms with Crippen molar-refractivity contribution in [1.29, 1.82) is 0 Å². The van der Waals surface area contributed by atoms with Gasteiger partial charge in [-0.15, -0.1) is 0 Å². The van der Waals surface area contributed by atoms with Crippen LogP contribution in [0.5, 0.6) is 5.75 Å². The Labute approximate surface area is 213 Å². The highest BCUT2D eigenvalue weighted by Crippen LogP contribution is 2.28. The van der Waals surface area contributed by atoms with Crippen molar-refractivity contribution in [2.45, 2.75) is 64.6 Å². The predicted octanol–water partition coefficient (Wildman–Crippen LogP) is 6.31. The summed E-state index contributed by atoms with van der Waals surface area (Å²) >= 11 is 16.2. The van der Waals surface area contributed by atoms with Crippen LogP contribution in [0.15, 0.2) is 40.9 Å². The molecule has 0 radical (unpaired) electrons. The maximum Gasteiger partial charge on any atom is 0.261 e. The molecule has 33 heavy (non-hydrogen) atoms. The summed E-state index contributed by atoms with van der Waals surface area (Å²) in [5.74, 6) is 0.128. The molecule has 0 heterocycles. The second-order valence-corrected chi connectivity index (χ2v) is 10.0. The molecule has 1 fully saturated rings. The maximum atomic E-state index is 13.4. The highest BCUT2D eigenvalue weighted by Gasteiger charge is 2.31. The minimum absolute atomic E-state index is 0.122. The van der Waals surface area contributed by atoms with Crippen molar-refractivity contribution < 1.29 is 14.3 Å². The number of nitrogens with zero attached hydrogens (tertiary/aromatic N) is 1. The van der Waals surface area contributed by atoms with Crippen LogP contribution < -0.4 is 10.1 Å². The van der Waals surface area contributed by atoms with Gasteiger partial charge in [-0.25, -0.2) is 0 Å². The highest BCUT2D eigenvalue weighted by molar-refractivity contribution is 9.10. The molecule has 0 bridgehead atoms. The van der Waals surface area contributed by atoms with Gasteiger partial charge in [0.15, 0.2) is 6.61 Å². The van der Waals surface area contributed by atoms with Crippen LogP contribution in [0.3, 0.4) is 0 Å². The van der Waals surface area contributed by atoms with E-state index in [-0.39, 0.29) is 31.0 Å². The van der Waals surface area contributed by atoms with Crippen LogP contribution in [0.4, 0.5) is 0 Å². The van der Waals surface area contributed by atoms with E-state index >= 15 is 0 Å². The van der Waals surface area contributed by atoms with Crippen LogP contribution in [0.1, 0.15) is 50.2 Å². The Morgan fingerprint density at radius 3 is 2.45 bits per heavy atom. The minimum Gasteiger partial charge on any atom is -0.484 e. The SMILES string of the molecule is CC[C@H](C(=O)NC1CCCC1)N(Cc1c(Cl)cccc1Cl)C(=O)COc1ccc(Br)c(C)c1. The third-order valence-electron chi connectivity index (χ3n) is 5.97. The number of amides is 2. The van der Waals surface area contributed by atoms with E-state index in [1.54, 1.807) is 24.3 Å². The first-order chi connectivity index (χ1) is 15.8. The van der Waals surface area contributed by atoms with Gasteiger partial charge in [0.25, 0.3) is 5.91 Å². The Morgan fingerprint density at radius 1 is 1.18 bits per heavy atom. The van der Waals surface area contributed by atoms with Gasteiger partial charge in [-0.3, -0.25) is 9.59 Å². The van der Waals surface area contributed by atoms with Crippen LogP contribution in [0.2, 0.25) is 10.0 Å². The number of hydrogen-bond donors (Lipinski definition) is 1. The number of nitrogens with one attached hydrogen (secondary N) is 1. The van der Waals surface area contributed by atoms with Gasteiger partial charge in [0, 0.05) is 32.7 Å². The first-order valence-electron chi connectivity index (χ1n) is 11.2. The van der Waals surface area contributed by atoms with E-state index in [1.807, 2.05) is 26.0 Å². The third-order valence-corrected chi connectivity index (χ3v) is 7.57. The van der Waals surface area contributed by atoms with E-state index in [2.05, 4.69) is 21.2 Å². The number of halogens is 3. The van der Waals surface area contributed by atoms with E-state index in [9.17, 15) is 9.59 Å². The normalized spacial score (nSPS) is 14.7. The zero-order valence-electron chi connectivity index (χ0n) is 18.9. The summed E-state index contributed by atoms with van der Waals surface area (Å²) in [6.45, 7) is 3.77. The molecule has 1 aliphatic rings. The molecule has 8 heteroatoms. The Balaban J connectivity index is 1.81. The maximum absolute atomic E-state index is 13.4. The molecule has 0 aliphatic heterocycles. The number of ether oxygens (including phenoxy) is 1. The van der Waals surface area contributed by atoms with Crippen molar-refractivity contribution >= 4 is 50.9 Å². The Bertz CT molecular complexity index is 975. The summed E-state index contributed by atoms with van der Waals surface area (Å²) in [6.07, 6.45) is 4.63. The number of carbonyl (C=O) groups is 2. The smallest absolute Gasteiger partial charge is 0.261 e. The van der Waals surface area contributed by atoms with Gasteiger partial charge in [0.1, 0.15) is 11.8 Å². The largest absolute Gasteiger partial charge is 0.484 e. The lowest BCUT2D eigenvalue weighted by Gasteiger charge is -2.32. The van der Waals surface area contributed by atoms with Gasteiger partial charge < -0.3 is 15.0 Å². The van der Waals surface area contributed by atoms with Gasteiger partial charge >= 0.3 is 0 Å². The number of rotatable bonds is 9. The molecule has 178 valence electrons. The first-order valence-corrected chi connectivity index (χ1v) is 12.8. The predicted molar refractivity (Wildman–Crippen MR) is 136 cm³/mol. The molecule has 0 saturated heterocycles. The van der Waals surface area contributed by atoms with E-state index in [4.69, 9.17) is 27.9 Å². The fraction of sp³-hybridized carbons (Fsp3) is 0.440. The summed E-state index contributed by atoms with van der Waals surface area (Å²) in [7, 11) is 0. The molecule has 3 rings (SSSR count). The standard InChI is InChI=1S/C25H29BrCl2N2O3/c1-3-23(25(32)29-17-7-4-5-8-17)30(14-19-21(27)9-6-10-22(19)28)24(31)15-33-18-11-12-20(26)16(2)13-18/h6,9-13,17,23H,3-5,7-8,14-15H2,1-2H3,(H,29,32)/t23-/m1/s1. The molecule has 1 atom stereocenters. The number of hydrogen-bond acceptors (Lipinski definition) is 3. The second kappa shape index (κ2) is 12.1. The lowest BCUT2D eigenvalue weighted by Crippen LogP contribution is -2.52. The van der Waals surface area contributed by atoms with E-state index < -0.39 is 6.04 Å². The van der Waals surface area contributed by atoms with Crippen LogP contribution >= 0.6 is 39.1 Å². The Kier molecular flexibility index (Phi) is 9.47. The molecule has 2 amide bonds. The highest BCUT2D eigenvalue weighted by atomic mass is 79.9. The zero-order chi connectivity index (χ0) is 24.0. The van der Waals surface area contributed by atoms with Crippen molar-refractivity contribution in [2.24, 2.45) is 0 Å². The first kappa shape index (κ1) is 25.9. The quantitative estimate of drug-likeness (QED) is 0.394. The van der Waals surface area contributed by atoms with Gasteiger partial charge in [-0.1, -0.05) is 65.0 Å². The van der Waals surface area contributed by atoms with Crippen molar-refractivity contribution in [3.8, 4) is 5.75 Å². The van der Waals surface area contributed by atoms with E-state index in [0.717, 1.165) is 35.7 Å². The Morgan fingerprint density at radius 2 is 1.85 bits per heavy atom. The molecule has 2 aromatic carbocycles. The molecule has 5 nitrogen and oxygen atoms in total. The van der Waals surface area contributed by atoms with Gasteiger partial charge in [-0.05, 0) is 62.1 Å². The molecular weight excluding hydrogens is 527 g/mol. The topological polar surface area (TPSA) is 58.6 Å². The third kappa shape index (κ3) is 6.87. The van der Waals surface area contributed by atoms with Gasteiger partial charge in [0.05, 0.1) is 0 Å². The summed E-state index contributed by atoms with van der Waals surface area (Å²) in [6, 6.07) is 10.2. The Hall–Kier alpha value is -1.76. The van der Waals surface area contributed by atoms with Gasteiger partial charge in [-0.2, -0.15) is 0 Å². The molecule has 0 unspecified atom stereocenters. The molecule has 1 saturated carbocycles. The van der Waals surface area contributed by atoms with Crippen LogP contribution in [-0.2, 0) is 16.1 Å². The fourth-order valence-corrected chi connectivity index (χ4v) is 4.84. The molecule has 2 aromatic rings. The molecule has 1 aliphatic carbocycles. The van der Waals surface area contributed by atoms with Crippen molar-refractivity contribution in [1.82, 2.24) is 10.2 Å². The molecule has 0 aromatic heterocycles. The number of benzene rings is 2. The van der Waals surface area contributed by atoms with Gasteiger partial charge in [0.2, 0.25) is 5.91 Å². The summed E-state index contributed by atoms with van der Waals surface area (Å²) in [5, 5.41) is 4.03. The van der Waals surface area contributed by atoms with Crippen molar-refractivity contribution in [2.75, 3.05) is 6.61 Å². The van der Waals surface area contributed by atoms with Crippen LogP contribution in [0, 0.1) is 6.92 Å². The molecule has 1 N–H and O–H groups in total. The average molecular weight is 556 g/mol. The van der Waals surface area contributed by atoms with Crippen molar-refractivity contribution in [3.63, 3.8) is 0 Å². The zero-order valence-corrected chi connectivity index (χ0v) is 22.0.